The minimum atomic E-state index is -0.403. The van der Waals surface area contributed by atoms with Crippen molar-refractivity contribution in [3.05, 3.63) is 35.9 Å². The summed E-state index contributed by atoms with van der Waals surface area (Å²) in [4.78, 5) is 12.2. The number of carbonyl (C=O) groups excluding carboxylic acids is 1. The van der Waals surface area contributed by atoms with Crippen molar-refractivity contribution >= 4 is 5.91 Å². The molecule has 0 saturated carbocycles. The standard InChI is InChI=1S/C17H27NO2/c1-5-14(13-9-7-6-8-10-13)16(20)18-12-11-15(19)17(2,3)4/h6-10,14-15,19H,5,11-12H2,1-4H3,(H,18,20). The van der Waals surface area contributed by atoms with Crippen molar-refractivity contribution < 1.29 is 9.90 Å². The number of hydrogen-bond acceptors (Lipinski definition) is 2. The molecule has 0 bridgehead atoms. The Labute approximate surface area is 122 Å². The lowest BCUT2D eigenvalue weighted by atomic mass is 9.87. The van der Waals surface area contributed by atoms with Crippen LogP contribution >= 0.6 is 0 Å². The van der Waals surface area contributed by atoms with Crippen molar-refractivity contribution in [2.45, 2.75) is 52.6 Å². The SMILES string of the molecule is CCC(C(=O)NCCC(O)C(C)(C)C)c1ccccc1. The van der Waals surface area contributed by atoms with E-state index in [0.29, 0.717) is 13.0 Å². The van der Waals surface area contributed by atoms with E-state index in [9.17, 15) is 9.90 Å². The molecule has 0 spiro atoms. The van der Waals surface area contributed by atoms with Crippen molar-refractivity contribution in [1.82, 2.24) is 5.32 Å². The molecule has 1 amide bonds. The quantitative estimate of drug-likeness (QED) is 0.839. The Hall–Kier alpha value is -1.35. The number of nitrogens with one attached hydrogen (secondary N) is 1. The number of benzene rings is 1. The van der Waals surface area contributed by atoms with Crippen LogP contribution in [0.5, 0.6) is 0 Å². The number of rotatable bonds is 6. The lowest BCUT2D eigenvalue weighted by Crippen LogP contribution is -2.34. The summed E-state index contributed by atoms with van der Waals surface area (Å²) in [6.07, 6.45) is 0.956. The summed E-state index contributed by atoms with van der Waals surface area (Å²) < 4.78 is 0. The third-order valence-corrected chi connectivity index (χ3v) is 3.64. The Morgan fingerprint density at radius 2 is 1.85 bits per heavy atom. The van der Waals surface area contributed by atoms with Gasteiger partial charge in [0.05, 0.1) is 12.0 Å². The molecule has 3 nitrogen and oxygen atoms in total. The van der Waals surface area contributed by atoms with Gasteiger partial charge in [-0.3, -0.25) is 4.79 Å². The molecule has 3 heteroatoms. The van der Waals surface area contributed by atoms with Crippen LogP contribution in [0, 0.1) is 5.41 Å². The van der Waals surface area contributed by atoms with Crippen LogP contribution in [0.3, 0.4) is 0 Å². The molecule has 0 fully saturated rings. The van der Waals surface area contributed by atoms with Crippen molar-refractivity contribution in [2.75, 3.05) is 6.54 Å². The summed E-state index contributed by atoms with van der Waals surface area (Å²) in [6, 6.07) is 9.83. The monoisotopic (exact) mass is 277 g/mol. The predicted molar refractivity (Wildman–Crippen MR) is 82.6 cm³/mol. The van der Waals surface area contributed by atoms with E-state index < -0.39 is 6.10 Å². The Morgan fingerprint density at radius 1 is 1.25 bits per heavy atom. The largest absolute Gasteiger partial charge is 0.393 e. The van der Waals surface area contributed by atoms with Gasteiger partial charge < -0.3 is 10.4 Å². The fraction of sp³-hybridized carbons (Fsp3) is 0.588. The highest BCUT2D eigenvalue weighted by Gasteiger charge is 2.23. The molecule has 0 aliphatic carbocycles. The minimum Gasteiger partial charge on any atom is -0.393 e. The topological polar surface area (TPSA) is 49.3 Å². The fourth-order valence-electron chi connectivity index (χ4n) is 2.15. The van der Waals surface area contributed by atoms with E-state index in [1.54, 1.807) is 0 Å². The van der Waals surface area contributed by atoms with Gasteiger partial charge in [-0.05, 0) is 23.8 Å². The van der Waals surface area contributed by atoms with Gasteiger partial charge in [0.15, 0.2) is 0 Å². The summed E-state index contributed by atoms with van der Waals surface area (Å²) in [5.74, 6) is -0.0669. The second-order valence-electron chi connectivity index (χ2n) is 6.33. The summed E-state index contributed by atoms with van der Waals surface area (Å²) in [6.45, 7) is 8.52. The van der Waals surface area contributed by atoms with Gasteiger partial charge in [-0.2, -0.15) is 0 Å². The molecule has 0 aliphatic rings. The van der Waals surface area contributed by atoms with Gasteiger partial charge in [-0.15, -0.1) is 0 Å². The van der Waals surface area contributed by atoms with Crippen molar-refractivity contribution in [3.63, 3.8) is 0 Å². The second kappa shape index (κ2) is 7.44. The molecule has 2 N–H and O–H groups in total. The third kappa shape index (κ3) is 4.97. The third-order valence-electron chi connectivity index (χ3n) is 3.64. The molecule has 2 atom stereocenters. The highest BCUT2D eigenvalue weighted by Crippen LogP contribution is 2.22. The van der Waals surface area contributed by atoms with E-state index in [-0.39, 0.29) is 17.2 Å². The van der Waals surface area contributed by atoms with E-state index >= 15 is 0 Å². The van der Waals surface area contributed by atoms with Gasteiger partial charge in [-0.25, -0.2) is 0 Å². The number of carbonyl (C=O) groups is 1. The van der Waals surface area contributed by atoms with Crippen LogP contribution in [0.15, 0.2) is 30.3 Å². The van der Waals surface area contributed by atoms with Crippen LogP contribution in [-0.4, -0.2) is 23.7 Å². The molecule has 0 heterocycles. The van der Waals surface area contributed by atoms with Crippen LogP contribution in [0.4, 0.5) is 0 Å². The van der Waals surface area contributed by atoms with Crippen molar-refractivity contribution in [2.24, 2.45) is 5.41 Å². The van der Waals surface area contributed by atoms with Gasteiger partial charge >= 0.3 is 0 Å². The number of aliphatic hydroxyl groups is 1. The van der Waals surface area contributed by atoms with Crippen molar-refractivity contribution in [3.8, 4) is 0 Å². The van der Waals surface area contributed by atoms with Crippen molar-refractivity contribution in [1.29, 1.82) is 0 Å². The molecule has 0 aromatic heterocycles. The Bertz CT molecular complexity index is 409. The maximum absolute atomic E-state index is 12.2. The summed E-state index contributed by atoms with van der Waals surface area (Å²) in [7, 11) is 0. The highest BCUT2D eigenvalue weighted by molar-refractivity contribution is 5.83. The number of amides is 1. The minimum absolute atomic E-state index is 0.0415. The predicted octanol–water partition coefficient (Wildman–Crippen LogP) is 3.09. The maximum Gasteiger partial charge on any atom is 0.227 e. The lowest BCUT2D eigenvalue weighted by molar-refractivity contribution is -0.122. The average Bonchev–Trinajstić information content (AvgIpc) is 2.39. The molecule has 1 rings (SSSR count). The molecule has 0 saturated heterocycles. The molecule has 1 aromatic rings. The molecule has 0 radical (unpaired) electrons. The van der Waals surface area contributed by atoms with Gasteiger partial charge in [0.25, 0.3) is 0 Å². The first-order valence-corrected chi connectivity index (χ1v) is 7.37. The normalized spacial score (nSPS) is 14.7. The Kier molecular flexibility index (Phi) is 6.21. The van der Waals surface area contributed by atoms with E-state index in [0.717, 1.165) is 12.0 Å². The lowest BCUT2D eigenvalue weighted by Gasteiger charge is -2.26. The molecule has 2 unspecified atom stereocenters. The zero-order valence-corrected chi connectivity index (χ0v) is 13.0. The van der Waals surface area contributed by atoms with Gasteiger partial charge in [-0.1, -0.05) is 58.0 Å². The summed E-state index contributed by atoms with van der Waals surface area (Å²) in [5.41, 5.74) is 0.901. The van der Waals surface area contributed by atoms with Crippen LogP contribution in [0.25, 0.3) is 0 Å². The van der Waals surface area contributed by atoms with E-state index in [4.69, 9.17) is 0 Å². The van der Waals surface area contributed by atoms with Gasteiger partial charge in [0, 0.05) is 6.54 Å². The van der Waals surface area contributed by atoms with E-state index in [2.05, 4.69) is 5.32 Å². The first-order chi connectivity index (χ1) is 9.36. The van der Waals surface area contributed by atoms with Crippen LogP contribution in [0.2, 0.25) is 0 Å². The molecular weight excluding hydrogens is 250 g/mol. The zero-order valence-electron chi connectivity index (χ0n) is 13.0. The molecular formula is C17H27NO2. The average molecular weight is 277 g/mol. The summed E-state index contributed by atoms with van der Waals surface area (Å²) >= 11 is 0. The summed E-state index contributed by atoms with van der Waals surface area (Å²) in [5, 5.41) is 12.9. The highest BCUT2D eigenvalue weighted by atomic mass is 16.3. The van der Waals surface area contributed by atoms with Gasteiger partial charge in [0.2, 0.25) is 5.91 Å². The first-order valence-electron chi connectivity index (χ1n) is 7.37. The van der Waals surface area contributed by atoms with Crippen LogP contribution in [0.1, 0.15) is 52.0 Å². The van der Waals surface area contributed by atoms with Crippen LogP contribution in [-0.2, 0) is 4.79 Å². The second-order valence-corrected chi connectivity index (χ2v) is 6.33. The molecule has 20 heavy (non-hydrogen) atoms. The fourth-order valence-corrected chi connectivity index (χ4v) is 2.15. The first kappa shape index (κ1) is 16.7. The Balaban J connectivity index is 2.49. The number of hydrogen-bond donors (Lipinski definition) is 2. The smallest absolute Gasteiger partial charge is 0.227 e. The zero-order chi connectivity index (χ0) is 15.2. The van der Waals surface area contributed by atoms with E-state index in [1.165, 1.54) is 0 Å². The maximum atomic E-state index is 12.2. The van der Waals surface area contributed by atoms with Crippen LogP contribution < -0.4 is 5.32 Å². The molecule has 0 aliphatic heterocycles. The molecule has 112 valence electrons. The number of aliphatic hydroxyl groups excluding tert-OH is 1. The Morgan fingerprint density at radius 3 is 2.35 bits per heavy atom. The van der Waals surface area contributed by atoms with E-state index in [1.807, 2.05) is 58.0 Å². The van der Waals surface area contributed by atoms with Gasteiger partial charge in [0.1, 0.15) is 0 Å². The molecule has 1 aromatic carbocycles.